The number of anilines is 2. The highest BCUT2D eigenvalue weighted by Crippen LogP contribution is 2.23. The van der Waals surface area contributed by atoms with Crippen molar-refractivity contribution in [3.63, 3.8) is 0 Å². The number of rotatable bonds is 9. The zero-order chi connectivity index (χ0) is 20.5. The molecular formula is C20H23ClFN3O3. The predicted octanol–water partition coefficient (Wildman–Crippen LogP) is 3.78. The van der Waals surface area contributed by atoms with E-state index in [0.717, 1.165) is 12.5 Å². The number of halogens is 2. The Kier molecular flexibility index (Phi) is 8.22. The Labute approximate surface area is 168 Å². The Morgan fingerprint density at radius 1 is 1.07 bits per heavy atom. The van der Waals surface area contributed by atoms with Gasteiger partial charge < -0.3 is 15.4 Å². The van der Waals surface area contributed by atoms with Crippen molar-refractivity contribution in [3.05, 3.63) is 53.3 Å². The monoisotopic (exact) mass is 407 g/mol. The summed E-state index contributed by atoms with van der Waals surface area (Å²) in [6, 6.07) is 10.8. The molecule has 0 spiro atoms. The molecule has 0 unspecified atom stereocenters. The molecule has 0 saturated carbocycles. The summed E-state index contributed by atoms with van der Waals surface area (Å²) in [5, 5.41) is 5.54. The van der Waals surface area contributed by atoms with Gasteiger partial charge in [0.2, 0.25) is 11.8 Å². The maximum absolute atomic E-state index is 13.1. The van der Waals surface area contributed by atoms with E-state index >= 15 is 0 Å². The standard InChI is InChI=1S/C20H23ClFN3O3/c1-3-10-25(12-19(26)23-16-9-8-14(22)11-15(16)21)13-20(27)24-17-6-4-5-7-18(17)28-2/h4-9,11H,3,10,12-13H2,1-2H3,(H,23,26)(H,24,27). The van der Waals surface area contributed by atoms with Gasteiger partial charge in [-0.2, -0.15) is 0 Å². The van der Waals surface area contributed by atoms with Gasteiger partial charge in [0.05, 0.1) is 36.6 Å². The lowest BCUT2D eigenvalue weighted by Crippen LogP contribution is -2.39. The van der Waals surface area contributed by atoms with Crippen molar-refractivity contribution in [2.75, 3.05) is 37.4 Å². The van der Waals surface area contributed by atoms with Crippen LogP contribution in [-0.2, 0) is 9.59 Å². The molecule has 2 amide bonds. The third-order valence-corrected chi connectivity index (χ3v) is 4.17. The van der Waals surface area contributed by atoms with Crippen LogP contribution in [0.4, 0.5) is 15.8 Å². The molecule has 0 aliphatic heterocycles. The molecule has 2 N–H and O–H groups in total. The van der Waals surface area contributed by atoms with Crippen molar-refractivity contribution in [1.82, 2.24) is 4.90 Å². The molecule has 2 aromatic carbocycles. The van der Waals surface area contributed by atoms with Crippen LogP contribution in [0.25, 0.3) is 0 Å². The van der Waals surface area contributed by atoms with Crippen LogP contribution in [0.2, 0.25) is 5.02 Å². The lowest BCUT2D eigenvalue weighted by Gasteiger charge is -2.21. The number of carbonyl (C=O) groups excluding carboxylic acids is 2. The third kappa shape index (κ3) is 6.51. The van der Waals surface area contributed by atoms with E-state index in [-0.39, 0.29) is 29.9 Å². The maximum atomic E-state index is 13.1. The average molecular weight is 408 g/mol. The Morgan fingerprint density at radius 3 is 2.32 bits per heavy atom. The van der Waals surface area contributed by atoms with E-state index in [4.69, 9.17) is 16.3 Å². The summed E-state index contributed by atoms with van der Waals surface area (Å²) < 4.78 is 18.3. The first kappa shape index (κ1) is 21.7. The van der Waals surface area contributed by atoms with Gasteiger partial charge in [0.1, 0.15) is 11.6 Å². The van der Waals surface area contributed by atoms with Crippen molar-refractivity contribution in [2.24, 2.45) is 0 Å². The zero-order valence-corrected chi connectivity index (χ0v) is 16.6. The van der Waals surface area contributed by atoms with Crippen molar-refractivity contribution in [3.8, 4) is 5.75 Å². The van der Waals surface area contributed by atoms with E-state index in [2.05, 4.69) is 10.6 Å². The van der Waals surface area contributed by atoms with Gasteiger partial charge in [0.25, 0.3) is 0 Å². The molecule has 0 aliphatic carbocycles. The lowest BCUT2D eigenvalue weighted by molar-refractivity contribution is -0.120. The van der Waals surface area contributed by atoms with E-state index < -0.39 is 5.82 Å². The zero-order valence-electron chi connectivity index (χ0n) is 15.8. The summed E-state index contributed by atoms with van der Waals surface area (Å²) in [5.74, 6) is -0.525. The number of benzene rings is 2. The van der Waals surface area contributed by atoms with E-state index in [1.165, 1.54) is 19.2 Å². The number of hydrogen-bond donors (Lipinski definition) is 2. The first-order valence-corrected chi connectivity index (χ1v) is 9.20. The highest BCUT2D eigenvalue weighted by Gasteiger charge is 2.16. The van der Waals surface area contributed by atoms with Crippen molar-refractivity contribution < 1.29 is 18.7 Å². The molecule has 0 aromatic heterocycles. The van der Waals surface area contributed by atoms with E-state index in [0.29, 0.717) is 23.7 Å². The van der Waals surface area contributed by atoms with Crippen LogP contribution in [0.5, 0.6) is 5.75 Å². The average Bonchev–Trinajstić information content (AvgIpc) is 2.64. The molecule has 6 nitrogen and oxygen atoms in total. The van der Waals surface area contributed by atoms with Gasteiger partial charge in [-0.3, -0.25) is 14.5 Å². The molecular weight excluding hydrogens is 385 g/mol. The van der Waals surface area contributed by atoms with Crippen molar-refractivity contribution >= 4 is 34.8 Å². The summed E-state index contributed by atoms with van der Waals surface area (Å²) >= 11 is 5.93. The fraction of sp³-hybridized carbons (Fsp3) is 0.300. The van der Waals surface area contributed by atoms with Gasteiger partial charge >= 0.3 is 0 Å². The fourth-order valence-electron chi connectivity index (χ4n) is 2.65. The van der Waals surface area contributed by atoms with Gasteiger partial charge in [-0.05, 0) is 43.3 Å². The number of amides is 2. The van der Waals surface area contributed by atoms with Crippen LogP contribution < -0.4 is 15.4 Å². The normalized spacial score (nSPS) is 10.6. The Hall–Kier alpha value is -2.64. The van der Waals surface area contributed by atoms with E-state index in [1.54, 1.807) is 23.1 Å². The predicted molar refractivity (Wildman–Crippen MR) is 108 cm³/mol. The van der Waals surface area contributed by atoms with Crippen molar-refractivity contribution in [2.45, 2.75) is 13.3 Å². The highest BCUT2D eigenvalue weighted by atomic mass is 35.5. The second kappa shape index (κ2) is 10.6. The molecule has 2 rings (SSSR count). The highest BCUT2D eigenvalue weighted by molar-refractivity contribution is 6.33. The van der Waals surface area contributed by atoms with E-state index in [1.807, 2.05) is 13.0 Å². The number of nitrogens with one attached hydrogen (secondary N) is 2. The SMILES string of the molecule is CCCN(CC(=O)Nc1ccc(F)cc1Cl)CC(=O)Nc1ccccc1OC. The minimum Gasteiger partial charge on any atom is -0.495 e. The van der Waals surface area contributed by atoms with Crippen LogP contribution in [0.1, 0.15) is 13.3 Å². The molecule has 0 radical (unpaired) electrons. The lowest BCUT2D eigenvalue weighted by atomic mass is 10.3. The quantitative estimate of drug-likeness (QED) is 0.663. The van der Waals surface area contributed by atoms with Crippen LogP contribution in [0.3, 0.4) is 0 Å². The van der Waals surface area contributed by atoms with Gasteiger partial charge in [-0.15, -0.1) is 0 Å². The largest absolute Gasteiger partial charge is 0.495 e. The maximum Gasteiger partial charge on any atom is 0.238 e. The summed E-state index contributed by atoms with van der Waals surface area (Å²) in [6.45, 7) is 2.56. The molecule has 0 atom stereocenters. The smallest absolute Gasteiger partial charge is 0.238 e. The number of hydrogen-bond acceptors (Lipinski definition) is 4. The molecule has 8 heteroatoms. The molecule has 0 fully saturated rings. The van der Waals surface area contributed by atoms with Gasteiger partial charge in [-0.25, -0.2) is 4.39 Å². The minimum atomic E-state index is -0.483. The Morgan fingerprint density at radius 2 is 1.71 bits per heavy atom. The first-order valence-electron chi connectivity index (χ1n) is 8.83. The molecule has 0 aliphatic rings. The summed E-state index contributed by atoms with van der Waals surface area (Å²) in [4.78, 5) is 26.4. The molecule has 0 heterocycles. The van der Waals surface area contributed by atoms with Gasteiger partial charge in [0, 0.05) is 0 Å². The molecule has 150 valence electrons. The number of carbonyl (C=O) groups is 2. The number of ether oxygens (including phenoxy) is 1. The van der Waals surface area contributed by atoms with E-state index in [9.17, 15) is 14.0 Å². The second-order valence-electron chi connectivity index (χ2n) is 6.13. The fourth-order valence-corrected chi connectivity index (χ4v) is 2.87. The molecule has 2 aromatic rings. The molecule has 0 saturated heterocycles. The molecule has 28 heavy (non-hydrogen) atoms. The number of methoxy groups -OCH3 is 1. The van der Waals surface area contributed by atoms with Crippen LogP contribution >= 0.6 is 11.6 Å². The van der Waals surface area contributed by atoms with Crippen LogP contribution in [-0.4, -0.2) is 43.5 Å². The van der Waals surface area contributed by atoms with Crippen LogP contribution in [0, 0.1) is 5.82 Å². The Balaban J connectivity index is 1.96. The van der Waals surface area contributed by atoms with Crippen molar-refractivity contribution in [1.29, 1.82) is 0 Å². The first-order chi connectivity index (χ1) is 13.4. The van der Waals surface area contributed by atoms with Gasteiger partial charge in [0.15, 0.2) is 0 Å². The van der Waals surface area contributed by atoms with Crippen LogP contribution in [0.15, 0.2) is 42.5 Å². The summed E-state index contributed by atoms with van der Waals surface area (Å²) in [5.41, 5.74) is 0.886. The van der Waals surface area contributed by atoms with Gasteiger partial charge in [-0.1, -0.05) is 30.7 Å². The number of nitrogens with zero attached hydrogens (tertiary/aromatic N) is 1. The number of para-hydroxylation sites is 2. The Bertz CT molecular complexity index is 832. The minimum absolute atomic E-state index is 0.000883. The molecule has 0 bridgehead atoms. The summed E-state index contributed by atoms with van der Waals surface area (Å²) in [7, 11) is 1.53. The third-order valence-electron chi connectivity index (χ3n) is 3.86. The topological polar surface area (TPSA) is 70.7 Å². The summed E-state index contributed by atoms with van der Waals surface area (Å²) in [6.07, 6.45) is 0.770. The second-order valence-corrected chi connectivity index (χ2v) is 6.54.